The molecule has 3 aromatic carbocycles. The summed E-state index contributed by atoms with van der Waals surface area (Å²) in [6, 6.07) is 17.8. The van der Waals surface area contributed by atoms with Crippen molar-refractivity contribution in [2.24, 2.45) is 0 Å². The molecule has 0 unspecified atom stereocenters. The molecular formula is C22H16N2. The van der Waals surface area contributed by atoms with E-state index in [1.165, 1.54) is 54.7 Å². The SMILES string of the molecule is C1=CCc2c([nH]c3cc4cc5[nH]c6ccccc6c5cc4cc23)C1. The number of benzene rings is 3. The van der Waals surface area contributed by atoms with Crippen LogP contribution in [0.4, 0.5) is 0 Å². The zero-order chi connectivity index (χ0) is 15.7. The quantitative estimate of drug-likeness (QED) is 0.348. The minimum absolute atomic E-state index is 1.02. The van der Waals surface area contributed by atoms with Crippen molar-refractivity contribution in [3.63, 3.8) is 0 Å². The lowest BCUT2D eigenvalue weighted by Gasteiger charge is -2.05. The van der Waals surface area contributed by atoms with E-state index in [4.69, 9.17) is 0 Å². The maximum atomic E-state index is 3.62. The van der Waals surface area contributed by atoms with E-state index in [0.29, 0.717) is 0 Å². The second-order valence-corrected chi connectivity index (χ2v) is 6.78. The topological polar surface area (TPSA) is 31.6 Å². The van der Waals surface area contributed by atoms with Gasteiger partial charge < -0.3 is 9.97 Å². The number of para-hydroxylation sites is 1. The zero-order valence-corrected chi connectivity index (χ0v) is 13.2. The molecule has 0 aliphatic heterocycles. The Hall–Kier alpha value is -3.00. The van der Waals surface area contributed by atoms with Crippen LogP contribution in [0.1, 0.15) is 11.3 Å². The van der Waals surface area contributed by atoms with Crippen molar-refractivity contribution in [2.45, 2.75) is 12.8 Å². The van der Waals surface area contributed by atoms with Gasteiger partial charge >= 0.3 is 0 Å². The van der Waals surface area contributed by atoms with E-state index in [9.17, 15) is 0 Å². The normalized spacial score (nSPS) is 14.2. The van der Waals surface area contributed by atoms with Crippen molar-refractivity contribution >= 4 is 43.5 Å². The molecule has 5 aromatic rings. The van der Waals surface area contributed by atoms with Crippen molar-refractivity contribution in [1.82, 2.24) is 9.97 Å². The van der Waals surface area contributed by atoms with Gasteiger partial charge in [0.2, 0.25) is 0 Å². The molecule has 24 heavy (non-hydrogen) atoms. The van der Waals surface area contributed by atoms with Gasteiger partial charge in [-0.2, -0.15) is 0 Å². The summed E-state index contributed by atoms with van der Waals surface area (Å²) < 4.78 is 0. The molecule has 2 heteroatoms. The summed E-state index contributed by atoms with van der Waals surface area (Å²) in [4.78, 5) is 7.17. The number of rotatable bonds is 0. The molecule has 0 saturated carbocycles. The molecule has 0 amide bonds. The molecular weight excluding hydrogens is 292 g/mol. The molecule has 0 radical (unpaired) electrons. The summed E-state index contributed by atoms with van der Waals surface area (Å²) in [6.45, 7) is 0. The molecule has 0 saturated heterocycles. The Bertz CT molecular complexity index is 1300. The molecule has 2 N–H and O–H groups in total. The lowest BCUT2D eigenvalue weighted by Crippen LogP contribution is -1.93. The number of hydrogen-bond donors (Lipinski definition) is 2. The predicted octanol–water partition coefficient (Wildman–Crippen LogP) is 5.61. The molecule has 2 nitrogen and oxygen atoms in total. The first-order valence-electron chi connectivity index (χ1n) is 8.49. The first-order chi connectivity index (χ1) is 11.9. The summed E-state index contributed by atoms with van der Waals surface area (Å²) in [7, 11) is 0. The second kappa shape index (κ2) is 4.30. The molecule has 1 aliphatic rings. The van der Waals surface area contributed by atoms with E-state index < -0.39 is 0 Å². The van der Waals surface area contributed by atoms with E-state index >= 15 is 0 Å². The van der Waals surface area contributed by atoms with Gasteiger partial charge in [0, 0.05) is 44.8 Å². The Balaban J connectivity index is 1.74. The third-order valence-corrected chi connectivity index (χ3v) is 5.39. The third kappa shape index (κ3) is 1.55. The van der Waals surface area contributed by atoms with Crippen molar-refractivity contribution in [3.8, 4) is 0 Å². The van der Waals surface area contributed by atoms with Crippen molar-refractivity contribution in [1.29, 1.82) is 0 Å². The van der Waals surface area contributed by atoms with Crippen molar-refractivity contribution in [3.05, 3.63) is 71.9 Å². The van der Waals surface area contributed by atoms with Crippen LogP contribution in [0.2, 0.25) is 0 Å². The van der Waals surface area contributed by atoms with Gasteiger partial charge in [-0.15, -0.1) is 0 Å². The summed E-state index contributed by atoms with van der Waals surface area (Å²) in [5, 5.41) is 6.58. The highest BCUT2D eigenvalue weighted by Gasteiger charge is 2.14. The Morgan fingerprint density at radius 1 is 0.625 bits per heavy atom. The molecule has 0 spiro atoms. The molecule has 0 fully saturated rings. The molecule has 6 rings (SSSR count). The Kier molecular flexibility index (Phi) is 2.22. The van der Waals surface area contributed by atoms with E-state index in [0.717, 1.165) is 12.8 Å². The molecule has 0 atom stereocenters. The van der Waals surface area contributed by atoms with Crippen LogP contribution in [-0.4, -0.2) is 9.97 Å². The maximum Gasteiger partial charge on any atom is 0.0471 e. The van der Waals surface area contributed by atoms with Gasteiger partial charge in [0.05, 0.1) is 0 Å². The van der Waals surface area contributed by atoms with Crippen LogP contribution < -0.4 is 0 Å². The molecule has 114 valence electrons. The van der Waals surface area contributed by atoms with Crippen LogP contribution in [0.3, 0.4) is 0 Å². The molecule has 2 heterocycles. The number of allylic oxidation sites excluding steroid dienone is 2. The minimum Gasteiger partial charge on any atom is -0.358 e. The fourth-order valence-electron chi connectivity index (χ4n) is 4.21. The number of H-pyrrole nitrogens is 2. The van der Waals surface area contributed by atoms with E-state index in [1.54, 1.807) is 0 Å². The van der Waals surface area contributed by atoms with Gasteiger partial charge in [0.1, 0.15) is 0 Å². The van der Waals surface area contributed by atoms with Crippen LogP contribution in [-0.2, 0) is 12.8 Å². The smallest absolute Gasteiger partial charge is 0.0471 e. The van der Waals surface area contributed by atoms with Gasteiger partial charge in [0.15, 0.2) is 0 Å². The maximum absolute atomic E-state index is 3.62. The van der Waals surface area contributed by atoms with E-state index in [1.807, 2.05) is 0 Å². The Morgan fingerprint density at radius 2 is 1.38 bits per heavy atom. The highest BCUT2D eigenvalue weighted by atomic mass is 14.7. The van der Waals surface area contributed by atoms with Crippen LogP contribution >= 0.6 is 0 Å². The number of hydrogen-bond acceptors (Lipinski definition) is 0. The van der Waals surface area contributed by atoms with Crippen molar-refractivity contribution in [2.75, 3.05) is 0 Å². The zero-order valence-electron chi connectivity index (χ0n) is 13.2. The average molecular weight is 308 g/mol. The van der Waals surface area contributed by atoms with Gasteiger partial charge in [-0.1, -0.05) is 30.4 Å². The number of nitrogens with one attached hydrogen (secondary N) is 2. The summed E-state index contributed by atoms with van der Waals surface area (Å²) in [5.74, 6) is 0. The molecule has 2 aromatic heterocycles. The average Bonchev–Trinajstić information content (AvgIpc) is 3.15. The monoisotopic (exact) mass is 308 g/mol. The van der Waals surface area contributed by atoms with Crippen LogP contribution in [0.15, 0.2) is 60.7 Å². The standard InChI is InChI=1S/C22H16N2/c1-3-7-19-15(5-1)17-9-13-10-18-16-6-2-4-8-20(16)24-22(18)12-14(13)11-21(17)23-19/h1-5,7,9-12,23-24H,6,8H2. The highest BCUT2D eigenvalue weighted by molar-refractivity contribution is 6.13. The van der Waals surface area contributed by atoms with E-state index in [-0.39, 0.29) is 0 Å². The lowest BCUT2D eigenvalue weighted by molar-refractivity contribution is 1.06. The Labute approximate surface area is 138 Å². The van der Waals surface area contributed by atoms with Crippen LogP contribution in [0, 0.1) is 0 Å². The number of fused-ring (bicyclic) bond motifs is 7. The van der Waals surface area contributed by atoms with E-state index in [2.05, 4.69) is 70.7 Å². The van der Waals surface area contributed by atoms with Crippen LogP contribution in [0.5, 0.6) is 0 Å². The minimum atomic E-state index is 1.02. The first-order valence-corrected chi connectivity index (χ1v) is 8.49. The number of aromatic nitrogens is 2. The Morgan fingerprint density at radius 3 is 2.33 bits per heavy atom. The first kappa shape index (κ1) is 12.4. The fraction of sp³-hybridized carbons (Fsp3) is 0.0909. The highest BCUT2D eigenvalue weighted by Crippen LogP contribution is 2.34. The van der Waals surface area contributed by atoms with Crippen LogP contribution in [0.25, 0.3) is 43.5 Å². The summed E-state index contributed by atoms with van der Waals surface area (Å²) in [6.07, 6.45) is 6.59. The molecule has 1 aliphatic carbocycles. The van der Waals surface area contributed by atoms with Gasteiger partial charge in [-0.25, -0.2) is 0 Å². The van der Waals surface area contributed by atoms with Gasteiger partial charge in [0.25, 0.3) is 0 Å². The fourth-order valence-corrected chi connectivity index (χ4v) is 4.21. The predicted molar refractivity (Wildman–Crippen MR) is 102 cm³/mol. The second-order valence-electron chi connectivity index (χ2n) is 6.78. The molecule has 0 bridgehead atoms. The van der Waals surface area contributed by atoms with Gasteiger partial charge in [-0.3, -0.25) is 0 Å². The number of aromatic amines is 2. The lowest BCUT2D eigenvalue weighted by atomic mass is 9.98. The third-order valence-electron chi connectivity index (χ3n) is 5.39. The summed E-state index contributed by atoms with van der Waals surface area (Å²) in [5.41, 5.74) is 6.51. The van der Waals surface area contributed by atoms with Gasteiger partial charge in [-0.05, 0) is 53.1 Å². The largest absolute Gasteiger partial charge is 0.358 e. The summed E-state index contributed by atoms with van der Waals surface area (Å²) >= 11 is 0. The van der Waals surface area contributed by atoms with Crippen molar-refractivity contribution < 1.29 is 0 Å².